The number of likely N-dealkylation sites (tertiary alicyclic amines) is 1. The molecule has 0 radical (unpaired) electrons. The van der Waals surface area contributed by atoms with Crippen LogP contribution in [0.4, 0.5) is 10.5 Å². The van der Waals surface area contributed by atoms with Crippen LogP contribution in [0.1, 0.15) is 24.0 Å². The van der Waals surface area contributed by atoms with E-state index in [2.05, 4.69) is 10.6 Å². The number of anilines is 1. The van der Waals surface area contributed by atoms with Crippen LogP contribution in [0.3, 0.4) is 0 Å². The van der Waals surface area contributed by atoms with Gasteiger partial charge in [0.2, 0.25) is 17.7 Å². The molecule has 0 spiro atoms. The molecule has 7 heteroatoms. The van der Waals surface area contributed by atoms with Crippen molar-refractivity contribution < 1.29 is 19.2 Å². The van der Waals surface area contributed by atoms with Gasteiger partial charge >= 0.3 is 6.03 Å². The van der Waals surface area contributed by atoms with Crippen molar-refractivity contribution in [3.05, 3.63) is 29.3 Å². The van der Waals surface area contributed by atoms with Gasteiger partial charge in [0.1, 0.15) is 6.54 Å². The SMILES string of the molecule is Cc1ccc(NC(=O)NC(=O)CN2C(=O)CCC2=O)c(C)c1. The Kier molecular flexibility index (Phi) is 4.55. The lowest BCUT2D eigenvalue weighted by Crippen LogP contribution is -2.43. The maximum Gasteiger partial charge on any atom is 0.325 e. The van der Waals surface area contributed by atoms with Gasteiger partial charge < -0.3 is 5.32 Å². The van der Waals surface area contributed by atoms with Crippen molar-refractivity contribution in [3.8, 4) is 0 Å². The Hall–Kier alpha value is -2.70. The van der Waals surface area contributed by atoms with Crippen LogP contribution in [0.15, 0.2) is 18.2 Å². The van der Waals surface area contributed by atoms with E-state index in [0.717, 1.165) is 16.0 Å². The Bertz CT molecular complexity index is 638. The molecule has 1 aliphatic rings. The lowest BCUT2D eigenvalue weighted by Gasteiger charge is -2.14. The highest BCUT2D eigenvalue weighted by Gasteiger charge is 2.30. The molecule has 1 saturated heterocycles. The molecule has 2 N–H and O–H groups in total. The Labute approximate surface area is 127 Å². The third-order valence-electron chi connectivity index (χ3n) is 3.34. The molecule has 1 fully saturated rings. The van der Waals surface area contributed by atoms with Gasteiger partial charge in [0.25, 0.3) is 0 Å². The molecule has 1 aliphatic heterocycles. The average Bonchev–Trinajstić information content (AvgIpc) is 2.73. The molecule has 7 nitrogen and oxygen atoms in total. The largest absolute Gasteiger partial charge is 0.325 e. The lowest BCUT2D eigenvalue weighted by atomic mass is 10.1. The van der Waals surface area contributed by atoms with Crippen LogP contribution in [-0.2, 0) is 14.4 Å². The molecule has 0 aromatic heterocycles. The van der Waals surface area contributed by atoms with Gasteiger partial charge in [-0.1, -0.05) is 17.7 Å². The minimum Gasteiger partial charge on any atom is -0.307 e. The van der Waals surface area contributed by atoms with Crippen molar-refractivity contribution in [2.75, 3.05) is 11.9 Å². The summed E-state index contributed by atoms with van der Waals surface area (Å²) in [6.07, 6.45) is 0.224. The minimum absolute atomic E-state index is 0.112. The molecule has 22 heavy (non-hydrogen) atoms. The summed E-state index contributed by atoms with van der Waals surface area (Å²) in [5.41, 5.74) is 2.52. The number of carbonyl (C=O) groups is 4. The Morgan fingerprint density at radius 3 is 2.36 bits per heavy atom. The summed E-state index contributed by atoms with van der Waals surface area (Å²) in [4.78, 5) is 47.1. The van der Waals surface area contributed by atoms with Crippen molar-refractivity contribution in [1.82, 2.24) is 10.2 Å². The van der Waals surface area contributed by atoms with Gasteiger partial charge in [0, 0.05) is 18.5 Å². The molecule has 1 aromatic rings. The molecule has 0 unspecified atom stereocenters. The summed E-state index contributed by atoms with van der Waals surface area (Å²) in [5, 5.41) is 4.66. The highest BCUT2D eigenvalue weighted by Crippen LogP contribution is 2.15. The number of urea groups is 1. The molecule has 116 valence electrons. The van der Waals surface area contributed by atoms with E-state index in [1.807, 2.05) is 26.0 Å². The number of hydrogen-bond donors (Lipinski definition) is 2. The fourth-order valence-corrected chi connectivity index (χ4v) is 2.22. The third-order valence-corrected chi connectivity index (χ3v) is 3.34. The van der Waals surface area contributed by atoms with Crippen LogP contribution < -0.4 is 10.6 Å². The van der Waals surface area contributed by atoms with Crippen LogP contribution in [-0.4, -0.2) is 35.2 Å². The van der Waals surface area contributed by atoms with E-state index in [-0.39, 0.29) is 12.8 Å². The van der Waals surface area contributed by atoms with Gasteiger partial charge in [0.15, 0.2) is 0 Å². The summed E-state index contributed by atoms with van der Waals surface area (Å²) < 4.78 is 0. The zero-order chi connectivity index (χ0) is 16.3. The molecule has 0 aliphatic carbocycles. The highest BCUT2D eigenvalue weighted by molar-refractivity contribution is 6.07. The zero-order valence-corrected chi connectivity index (χ0v) is 12.4. The van der Waals surface area contributed by atoms with Gasteiger partial charge in [-0.3, -0.25) is 24.6 Å². The standard InChI is InChI=1S/C15H17N3O4/c1-9-3-4-11(10(2)7-9)16-15(22)17-12(19)8-18-13(20)5-6-14(18)21/h3-4,7H,5-6,8H2,1-2H3,(H2,16,17,19,22). The third kappa shape index (κ3) is 3.69. The molecule has 0 atom stereocenters. The predicted octanol–water partition coefficient (Wildman–Crippen LogP) is 1.10. The fraction of sp³-hybridized carbons (Fsp3) is 0.333. The normalized spacial score (nSPS) is 14.2. The second-order valence-electron chi connectivity index (χ2n) is 5.19. The van der Waals surface area contributed by atoms with Gasteiger partial charge in [0.05, 0.1) is 0 Å². The first-order chi connectivity index (χ1) is 10.4. The lowest BCUT2D eigenvalue weighted by molar-refractivity contribution is -0.142. The molecule has 2 rings (SSSR count). The summed E-state index contributed by atoms with van der Waals surface area (Å²) in [5.74, 6) is -1.49. The first-order valence-corrected chi connectivity index (χ1v) is 6.88. The van der Waals surface area contributed by atoms with Gasteiger partial charge in [-0.2, -0.15) is 0 Å². The van der Waals surface area contributed by atoms with Crippen LogP contribution >= 0.6 is 0 Å². The molecule has 0 bridgehead atoms. The maximum atomic E-state index is 11.8. The number of benzene rings is 1. The summed E-state index contributed by atoms with van der Waals surface area (Å²) in [6, 6.07) is 4.78. The van der Waals surface area contributed by atoms with E-state index in [0.29, 0.717) is 5.69 Å². The highest BCUT2D eigenvalue weighted by atomic mass is 16.2. The fourth-order valence-electron chi connectivity index (χ4n) is 2.22. The molecule has 1 heterocycles. The van der Waals surface area contributed by atoms with E-state index in [1.54, 1.807) is 6.07 Å². The molecule has 1 aromatic carbocycles. The van der Waals surface area contributed by atoms with Crippen molar-refractivity contribution in [3.63, 3.8) is 0 Å². The van der Waals surface area contributed by atoms with E-state index >= 15 is 0 Å². The molecule has 5 amide bonds. The Balaban J connectivity index is 1.90. The number of amides is 5. The van der Waals surface area contributed by atoms with Crippen LogP contribution in [0.5, 0.6) is 0 Å². The van der Waals surface area contributed by atoms with Crippen molar-refractivity contribution >= 4 is 29.4 Å². The second kappa shape index (κ2) is 6.38. The van der Waals surface area contributed by atoms with E-state index < -0.39 is 30.3 Å². The number of imide groups is 2. The van der Waals surface area contributed by atoms with E-state index in [1.165, 1.54) is 0 Å². The maximum absolute atomic E-state index is 11.8. The van der Waals surface area contributed by atoms with Crippen molar-refractivity contribution in [2.24, 2.45) is 0 Å². The summed E-state index contributed by atoms with van der Waals surface area (Å²) in [6.45, 7) is 3.34. The number of nitrogens with zero attached hydrogens (tertiary/aromatic N) is 1. The number of nitrogens with one attached hydrogen (secondary N) is 2. The number of hydrogen-bond acceptors (Lipinski definition) is 4. The van der Waals surface area contributed by atoms with Gasteiger partial charge in [-0.15, -0.1) is 0 Å². The summed E-state index contributed by atoms with van der Waals surface area (Å²) in [7, 11) is 0. The first-order valence-electron chi connectivity index (χ1n) is 6.88. The minimum atomic E-state index is -0.703. The monoisotopic (exact) mass is 303 g/mol. The Morgan fingerprint density at radius 1 is 1.14 bits per heavy atom. The molecular weight excluding hydrogens is 286 g/mol. The smallest absolute Gasteiger partial charge is 0.307 e. The second-order valence-corrected chi connectivity index (χ2v) is 5.19. The summed E-state index contributed by atoms with van der Waals surface area (Å²) >= 11 is 0. The number of carbonyl (C=O) groups excluding carboxylic acids is 4. The van der Waals surface area contributed by atoms with Crippen LogP contribution in [0.2, 0.25) is 0 Å². The van der Waals surface area contributed by atoms with Crippen molar-refractivity contribution in [2.45, 2.75) is 26.7 Å². The van der Waals surface area contributed by atoms with Crippen molar-refractivity contribution in [1.29, 1.82) is 0 Å². The van der Waals surface area contributed by atoms with Gasteiger partial charge in [-0.05, 0) is 25.5 Å². The van der Waals surface area contributed by atoms with E-state index in [4.69, 9.17) is 0 Å². The predicted molar refractivity (Wildman–Crippen MR) is 79.0 cm³/mol. The quantitative estimate of drug-likeness (QED) is 0.817. The molecular formula is C15H17N3O4. The zero-order valence-electron chi connectivity index (χ0n) is 12.4. The first kappa shape index (κ1) is 15.7. The number of aryl methyl sites for hydroxylation is 2. The molecule has 0 saturated carbocycles. The Morgan fingerprint density at radius 2 is 1.77 bits per heavy atom. The van der Waals surface area contributed by atoms with Crippen LogP contribution in [0, 0.1) is 13.8 Å². The number of rotatable bonds is 3. The van der Waals surface area contributed by atoms with E-state index in [9.17, 15) is 19.2 Å². The average molecular weight is 303 g/mol. The van der Waals surface area contributed by atoms with Crippen LogP contribution in [0.25, 0.3) is 0 Å². The van der Waals surface area contributed by atoms with Gasteiger partial charge in [-0.25, -0.2) is 4.79 Å². The topological polar surface area (TPSA) is 95.6 Å².